The molecular formula is C17H21FN4O2. The number of aromatic nitrogens is 2. The van der Waals surface area contributed by atoms with Crippen molar-refractivity contribution in [1.29, 1.82) is 0 Å². The molecule has 2 aromatic rings. The van der Waals surface area contributed by atoms with Gasteiger partial charge in [-0.3, -0.25) is 4.90 Å². The molecule has 6 nitrogen and oxygen atoms in total. The van der Waals surface area contributed by atoms with Gasteiger partial charge < -0.3 is 14.4 Å². The Hall–Kier alpha value is -2.25. The summed E-state index contributed by atoms with van der Waals surface area (Å²) in [7, 11) is 1.72. The van der Waals surface area contributed by atoms with Crippen LogP contribution in [0, 0.1) is 5.82 Å². The minimum Gasteiger partial charge on any atom is -0.439 e. The second kappa shape index (κ2) is 8.03. The number of anilines is 1. The Morgan fingerprint density at radius 3 is 2.71 bits per heavy atom. The molecule has 0 atom stereocenters. The van der Waals surface area contributed by atoms with Crippen molar-refractivity contribution in [1.82, 2.24) is 14.9 Å². The van der Waals surface area contributed by atoms with Crippen molar-refractivity contribution >= 4 is 5.82 Å². The molecule has 0 radical (unpaired) electrons. The van der Waals surface area contributed by atoms with E-state index in [1.165, 1.54) is 18.5 Å². The highest BCUT2D eigenvalue weighted by molar-refractivity contribution is 5.42. The molecular weight excluding hydrogens is 311 g/mol. The predicted octanol–water partition coefficient (Wildman–Crippen LogP) is 2.18. The van der Waals surface area contributed by atoms with Gasteiger partial charge in [0.15, 0.2) is 0 Å². The van der Waals surface area contributed by atoms with E-state index in [1.54, 1.807) is 25.3 Å². The summed E-state index contributed by atoms with van der Waals surface area (Å²) in [5.41, 5.74) is 0. The molecule has 1 aromatic carbocycles. The Morgan fingerprint density at radius 2 is 1.96 bits per heavy atom. The fourth-order valence-corrected chi connectivity index (χ4v) is 2.63. The lowest BCUT2D eigenvalue weighted by molar-refractivity contribution is 0.144. The summed E-state index contributed by atoms with van der Waals surface area (Å²) in [6.45, 7) is 5.41. The number of hydrogen-bond acceptors (Lipinski definition) is 6. The lowest BCUT2D eigenvalue weighted by Gasteiger charge is -2.35. The van der Waals surface area contributed by atoms with E-state index in [4.69, 9.17) is 9.47 Å². The van der Waals surface area contributed by atoms with Gasteiger partial charge in [-0.25, -0.2) is 14.4 Å². The smallest absolute Gasteiger partial charge is 0.224 e. The van der Waals surface area contributed by atoms with Crippen LogP contribution in [0.25, 0.3) is 0 Å². The standard InChI is InChI=1S/C17H21FN4O2/c1-23-10-9-21-5-7-22(8-6-21)16-12-17(20-13-19-16)24-15-4-2-3-14(18)11-15/h2-4,11-13H,5-10H2,1H3. The fraction of sp³-hybridized carbons (Fsp3) is 0.412. The third-order valence-electron chi connectivity index (χ3n) is 3.95. The summed E-state index contributed by atoms with van der Waals surface area (Å²) in [5.74, 6) is 1.31. The molecule has 2 heterocycles. The minimum atomic E-state index is -0.339. The van der Waals surface area contributed by atoms with Crippen molar-refractivity contribution in [3.05, 3.63) is 42.5 Å². The van der Waals surface area contributed by atoms with Crippen LogP contribution in [0.3, 0.4) is 0 Å². The van der Waals surface area contributed by atoms with E-state index in [-0.39, 0.29) is 5.82 Å². The quantitative estimate of drug-likeness (QED) is 0.808. The lowest BCUT2D eigenvalue weighted by Crippen LogP contribution is -2.47. The number of halogens is 1. The van der Waals surface area contributed by atoms with Gasteiger partial charge in [0.1, 0.15) is 23.7 Å². The average molecular weight is 332 g/mol. The van der Waals surface area contributed by atoms with Crippen molar-refractivity contribution in [2.45, 2.75) is 0 Å². The van der Waals surface area contributed by atoms with Gasteiger partial charge in [-0.2, -0.15) is 0 Å². The van der Waals surface area contributed by atoms with Gasteiger partial charge in [0, 0.05) is 52.0 Å². The number of hydrogen-bond donors (Lipinski definition) is 0. The number of piperazine rings is 1. The first-order valence-corrected chi connectivity index (χ1v) is 7.96. The number of benzene rings is 1. The van der Waals surface area contributed by atoms with Gasteiger partial charge in [0.05, 0.1) is 6.61 Å². The van der Waals surface area contributed by atoms with Crippen molar-refractivity contribution in [2.75, 3.05) is 51.3 Å². The molecule has 0 spiro atoms. The Morgan fingerprint density at radius 1 is 1.12 bits per heavy atom. The van der Waals surface area contributed by atoms with Crippen molar-refractivity contribution in [3.8, 4) is 11.6 Å². The third-order valence-corrected chi connectivity index (χ3v) is 3.95. The molecule has 0 saturated carbocycles. The molecule has 24 heavy (non-hydrogen) atoms. The molecule has 3 rings (SSSR count). The van der Waals surface area contributed by atoms with Crippen LogP contribution in [0.4, 0.5) is 10.2 Å². The number of nitrogens with zero attached hydrogens (tertiary/aromatic N) is 4. The molecule has 1 aliphatic rings. The maximum atomic E-state index is 13.2. The Labute approximate surface area is 140 Å². The highest BCUT2D eigenvalue weighted by Gasteiger charge is 2.18. The van der Waals surface area contributed by atoms with Crippen LogP contribution in [0.1, 0.15) is 0 Å². The Balaban J connectivity index is 1.61. The fourth-order valence-electron chi connectivity index (χ4n) is 2.63. The molecule has 128 valence electrons. The molecule has 0 aliphatic carbocycles. The van der Waals surface area contributed by atoms with Crippen LogP contribution < -0.4 is 9.64 Å². The second-order valence-electron chi connectivity index (χ2n) is 5.60. The van der Waals surface area contributed by atoms with Crippen LogP contribution in [0.15, 0.2) is 36.7 Å². The van der Waals surface area contributed by atoms with Crippen molar-refractivity contribution in [2.24, 2.45) is 0 Å². The molecule has 1 aromatic heterocycles. The highest BCUT2D eigenvalue weighted by atomic mass is 19.1. The van der Waals surface area contributed by atoms with E-state index in [1.807, 2.05) is 0 Å². The molecule has 0 bridgehead atoms. The van der Waals surface area contributed by atoms with Gasteiger partial charge in [0.2, 0.25) is 5.88 Å². The van der Waals surface area contributed by atoms with Crippen LogP contribution in [-0.2, 0) is 4.74 Å². The number of methoxy groups -OCH3 is 1. The van der Waals surface area contributed by atoms with Gasteiger partial charge in [-0.1, -0.05) is 6.07 Å². The minimum absolute atomic E-state index is 0.339. The SMILES string of the molecule is COCCN1CCN(c2cc(Oc3cccc(F)c3)ncn2)CC1. The highest BCUT2D eigenvalue weighted by Crippen LogP contribution is 2.23. The zero-order chi connectivity index (χ0) is 16.8. The summed E-state index contributed by atoms with van der Waals surface area (Å²) in [5, 5.41) is 0. The number of rotatable bonds is 6. The number of ether oxygens (including phenoxy) is 2. The normalized spacial score (nSPS) is 15.5. The third kappa shape index (κ3) is 4.39. The van der Waals surface area contributed by atoms with E-state index in [9.17, 15) is 4.39 Å². The largest absolute Gasteiger partial charge is 0.439 e. The topological polar surface area (TPSA) is 50.7 Å². The first kappa shape index (κ1) is 16.6. The molecule has 0 N–H and O–H groups in total. The molecule has 1 fully saturated rings. The van der Waals surface area contributed by atoms with Gasteiger partial charge >= 0.3 is 0 Å². The average Bonchev–Trinajstić information content (AvgIpc) is 2.61. The van der Waals surface area contributed by atoms with Crippen molar-refractivity contribution < 1.29 is 13.9 Å². The van der Waals surface area contributed by atoms with Crippen molar-refractivity contribution in [3.63, 3.8) is 0 Å². The molecule has 0 amide bonds. The maximum Gasteiger partial charge on any atom is 0.224 e. The van der Waals surface area contributed by atoms with E-state index in [0.29, 0.717) is 11.6 Å². The van der Waals surface area contributed by atoms with Gasteiger partial charge in [-0.05, 0) is 12.1 Å². The lowest BCUT2D eigenvalue weighted by atomic mass is 10.3. The Bertz CT molecular complexity index is 663. The Kier molecular flexibility index (Phi) is 5.55. The molecule has 1 saturated heterocycles. The summed E-state index contributed by atoms with van der Waals surface area (Å²) in [4.78, 5) is 13.0. The zero-order valence-electron chi connectivity index (χ0n) is 13.7. The van der Waals surface area contributed by atoms with Crippen LogP contribution in [0.2, 0.25) is 0 Å². The van der Waals surface area contributed by atoms with Crippen LogP contribution in [-0.4, -0.2) is 61.3 Å². The predicted molar refractivity (Wildman–Crippen MR) is 89.0 cm³/mol. The molecule has 0 unspecified atom stereocenters. The maximum absolute atomic E-state index is 13.2. The van der Waals surface area contributed by atoms with Gasteiger partial charge in [0.25, 0.3) is 0 Å². The van der Waals surface area contributed by atoms with E-state index < -0.39 is 0 Å². The molecule has 7 heteroatoms. The van der Waals surface area contributed by atoms with E-state index >= 15 is 0 Å². The summed E-state index contributed by atoms with van der Waals surface area (Å²) in [6, 6.07) is 7.79. The van der Waals surface area contributed by atoms with Crippen LogP contribution in [0.5, 0.6) is 11.6 Å². The van der Waals surface area contributed by atoms with Gasteiger partial charge in [-0.15, -0.1) is 0 Å². The first-order chi connectivity index (χ1) is 11.7. The van der Waals surface area contributed by atoms with E-state index in [0.717, 1.165) is 45.1 Å². The monoisotopic (exact) mass is 332 g/mol. The summed E-state index contributed by atoms with van der Waals surface area (Å²) >= 11 is 0. The van der Waals surface area contributed by atoms with E-state index in [2.05, 4.69) is 19.8 Å². The van der Waals surface area contributed by atoms with Crippen LogP contribution >= 0.6 is 0 Å². The summed E-state index contributed by atoms with van der Waals surface area (Å²) < 4.78 is 24.0. The first-order valence-electron chi connectivity index (χ1n) is 7.96. The molecule has 1 aliphatic heterocycles. The summed E-state index contributed by atoms with van der Waals surface area (Å²) in [6.07, 6.45) is 1.47. The zero-order valence-corrected chi connectivity index (χ0v) is 13.7. The second-order valence-corrected chi connectivity index (χ2v) is 5.60.